The average Bonchev–Trinajstić information content (AvgIpc) is 2.72. The number of hydrogen-bond acceptors (Lipinski definition) is 3. The molecular weight excluding hydrogens is 401 g/mol. The lowest BCUT2D eigenvalue weighted by atomic mass is 9.74. The molecule has 0 saturated carbocycles. The van der Waals surface area contributed by atoms with Crippen LogP contribution in [0.25, 0.3) is 11.1 Å². The molecule has 2 aromatic rings. The third-order valence-corrected chi connectivity index (χ3v) is 6.81. The van der Waals surface area contributed by atoms with Gasteiger partial charge in [-0.3, -0.25) is 4.90 Å². The van der Waals surface area contributed by atoms with E-state index in [1.807, 2.05) is 11.0 Å². The van der Waals surface area contributed by atoms with Gasteiger partial charge in [-0.1, -0.05) is 54.1 Å². The monoisotopic (exact) mass is 432 g/mol. The Kier molecular flexibility index (Phi) is 6.70. The van der Waals surface area contributed by atoms with E-state index in [4.69, 9.17) is 0 Å². The fourth-order valence-electron chi connectivity index (χ4n) is 5.22. The largest absolute Gasteiger partial charge is 0.395 e. The second-order valence-electron chi connectivity index (χ2n) is 8.95. The Balaban J connectivity index is 1.52. The highest BCUT2D eigenvalue weighted by atomic mass is 19.4. The van der Waals surface area contributed by atoms with Gasteiger partial charge >= 0.3 is 6.18 Å². The van der Waals surface area contributed by atoms with Gasteiger partial charge in [-0.05, 0) is 49.5 Å². The Labute approximate surface area is 182 Å². The lowest BCUT2D eigenvalue weighted by molar-refractivity contribution is -0.140. The first-order valence-electron chi connectivity index (χ1n) is 11.2. The second-order valence-corrected chi connectivity index (χ2v) is 8.95. The number of hydrogen-bond donors (Lipinski definition) is 1. The number of halogens is 3. The second kappa shape index (κ2) is 9.31. The number of aliphatic hydroxyl groups is 1. The Morgan fingerprint density at radius 3 is 2.42 bits per heavy atom. The molecule has 0 aliphatic carbocycles. The number of aryl methyl sites for hydroxylation is 1. The zero-order chi connectivity index (χ0) is 22.0. The summed E-state index contributed by atoms with van der Waals surface area (Å²) in [6.07, 6.45) is -3.04. The first kappa shape index (κ1) is 22.3. The van der Waals surface area contributed by atoms with Crippen molar-refractivity contribution in [1.29, 1.82) is 0 Å². The van der Waals surface area contributed by atoms with E-state index in [9.17, 15) is 18.3 Å². The van der Waals surface area contributed by atoms with Gasteiger partial charge in [-0.15, -0.1) is 0 Å². The molecule has 2 fully saturated rings. The molecule has 0 radical (unpaired) electrons. The summed E-state index contributed by atoms with van der Waals surface area (Å²) in [5.74, 6) is 0.142. The first-order chi connectivity index (χ1) is 14.9. The van der Waals surface area contributed by atoms with Crippen LogP contribution in [0.5, 0.6) is 0 Å². The number of benzene rings is 2. The van der Waals surface area contributed by atoms with Crippen LogP contribution in [0.3, 0.4) is 0 Å². The topological polar surface area (TPSA) is 26.7 Å². The molecule has 0 unspecified atom stereocenters. The average molecular weight is 433 g/mol. The molecule has 2 heterocycles. The first-order valence-corrected chi connectivity index (χ1v) is 11.2. The number of rotatable bonds is 5. The predicted molar refractivity (Wildman–Crippen MR) is 117 cm³/mol. The minimum Gasteiger partial charge on any atom is -0.395 e. The van der Waals surface area contributed by atoms with Crippen molar-refractivity contribution in [3.8, 4) is 11.1 Å². The van der Waals surface area contributed by atoms with E-state index >= 15 is 0 Å². The van der Waals surface area contributed by atoms with Crippen molar-refractivity contribution in [2.45, 2.75) is 50.4 Å². The van der Waals surface area contributed by atoms with Gasteiger partial charge in [0.1, 0.15) is 0 Å². The molecule has 3 atom stereocenters. The minimum absolute atomic E-state index is 0.0392. The van der Waals surface area contributed by atoms with Crippen molar-refractivity contribution < 1.29 is 18.3 Å². The van der Waals surface area contributed by atoms with E-state index in [0.29, 0.717) is 13.1 Å². The number of nitrogens with zero attached hydrogens (tertiary/aromatic N) is 2. The van der Waals surface area contributed by atoms with Gasteiger partial charge in [-0.2, -0.15) is 13.2 Å². The molecule has 2 aromatic carbocycles. The van der Waals surface area contributed by atoms with Gasteiger partial charge in [0.15, 0.2) is 0 Å². The summed E-state index contributed by atoms with van der Waals surface area (Å²) in [4.78, 5) is 4.27. The highest BCUT2D eigenvalue weighted by Crippen LogP contribution is 2.42. The highest BCUT2D eigenvalue weighted by Gasteiger charge is 2.49. The molecule has 0 amide bonds. The molecule has 2 aliphatic rings. The van der Waals surface area contributed by atoms with Gasteiger partial charge in [0.25, 0.3) is 0 Å². The van der Waals surface area contributed by atoms with Crippen molar-refractivity contribution in [3.63, 3.8) is 0 Å². The van der Waals surface area contributed by atoms with Crippen molar-refractivity contribution in [3.05, 3.63) is 59.7 Å². The van der Waals surface area contributed by atoms with E-state index in [2.05, 4.69) is 54.3 Å². The maximum absolute atomic E-state index is 12.8. The zero-order valence-electron chi connectivity index (χ0n) is 18.0. The van der Waals surface area contributed by atoms with Crippen LogP contribution in [0.15, 0.2) is 48.5 Å². The number of alkyl halides is 3. The highest BCUT2D eigenvalue weighted by molar-refractivity contribution is 5.64. The van der Waals surface area contributed by atoms with E-state index in [-0.39, 0.29) is 31.2 Å². The minimum atomic E-state index is -4.12. The molecule has 3 nitrogen and oxygen atoms in total. The van der Waals surface area contributed by atoms with E-state index in [1.54, 1.807) is 0 Å². The van der Waals surface area contributed by atoms with Crippen LogP contribution in [0.4, 0.5) is 13.2 Å². The molecule has 2 aliphatic heterocycles. The van der Waals surface area contributed by atoms with Crippen LogP contribution >= 0.6 is 0 Å². The molecule has 6 heteroatoms. The van der Waals surface area contributed by atoms with Crippen LogP contribution < -0.4 is 0 Å². The molecular formula is C25H31F3N2O. The quantitative estimate of drug-likeness (QED) is 0.733. The third kappa shape index (κ3) is 5.13. The molecule has 0 bridgehead atoms. The summed E-state index contributed by atoms with van der Waals surface area (Å²) >= 11 is 0. The van der Waals surface area contributed by atoms with E-state index < -0.39 is 12.6 Å². The lowest BCUT2D eigenvalue weighted by Crippen LogP contribution is -2.67. The molecule has 31 heavy (non-hydrogen) atoms. The Bertz CT molecular complexity index is 868. The van der Waals surface area contributed by atoms with Crippen LogP contribution in [0.2, 0.25) is 0 Å². The van der Waals surface area contributed by atoms with Gasteiger partial charge in [0.05, 0.1) is 13.0 Å². The van der Waals surface area contributed by atoms with Crippen molar-refractivity contribution in [2.75, 3.05) is 32.8 Å². The number of fused-ring (bicyclic) bond motifs is 1. The number of aliphatic hydroxyl groups excluding tert-OH is 1. The molecule has 4 rings (SSSR count). The Morgan fingerprint density at radius 1 is 1.00 bits per heavy atom. The Morgan fingerprint density at radius 2 is 1.74 bits per heavy atom. The van der Waals surface area contributed by atoms with Gasteiger partial charge in [0.2, 0.25) is 0 Å². The van der Waals surface area contributed by atoms with Crippen LogP contribution in [-0.4, -0.2) is 66.0 Å². The maximum Gasteiger partial charge on any atom is 0.390 e. The predicted octanol–water partition coefficient (Wildman–Crippen LogP) is 4.84. The zero-order valence-corrected chi connectivity index (χ0v) is 18.0. The molecule has 1 N–H and O–H groups in total. The summed E-state index contributed by atoms with van der Waals surface area (Å²) in [6, 6.07) is 17.0. The molecule has 168 valence electrons. The Hall–Kier alpha value is -1.89. The van der Waals surface area contributed by atoms with Gasteiger partial charge in [-0.25, -0.2) is 0 Å². The van der Waals surface area contributed by atoms with Crippen LogP contribution in [0.1, 0.15) is 36.3 Å². The van der Waals surface area contributed by atoms with Crippen LogP contribution in [0, 0.1) is 6.92 Å². The van der Waals surface area contributed by atoms with Crippen molar-refractivity contribution in [2.24, 2.45) is 0 Å². The summed E-state index contributed by atoms with van der Waals surface area (Å²) in [5, 5.41) is 10.1. The maximum atomic E-state index is 12.8. The fraction of sp³-hybridized carbons (Fsp3) is 0.520. The van der Waals surface area contributed by atoms with Crippen LogP contribution in [-0.2, 0) is 0 Å². The fourth-order valence-corrected chi connectivity index (χ4v) is 5.22. The van der Waals surface area contributed by atoms with Gasteiger partial charge in [0, 0.05) is 31.1 Å². The van der Waals surface area contributed by atoms with Crippen molar-refractivity contribution in [1.82, 2.24) is 9.80 Å². The molecule has 0 spiro atoms. The summed E-state index contributed by atoms with van der Waals surface area (Å²) < 4.78 is 38.3. The molecule has 2 saturated heterocycles. The standard InChI is InChI=1S/C25H31F3N2O/c1-18-5-4-6-21(15-18)19-7-9-20(10-8-19)24-22-16-29(14-11-25(26,27)28)12-2-3-13-30(22)23(24)17-31/h4-10,15,22-24,31H,2-3,11-14,16-17H2,1H3/t22-,23-,24-/m1/s1. The molecule has 0 aromatic heterocycles. The third-order valence-electron chi connectivity index (χ3n) is 6.81. The summed E-state index contributed by atoms with van der Waals surface area (Å²) in [6.45, 7) is 4.44. The normalized spacial score (nSPS) is 25.4. The SMILES string of the molecule is Cc1cccc(-c2ccc([C@H]3[C@@H](CO)N4CCCCN(CCC(F)(F)F)C[C@H]34)cc2)c1. The lowest BCUT2D eigenvalue weighted by Gasteiger charge is -2.57. The van der Waals surface area contributed by atoms with E-state index in [1.165, 1.54) is 11.1 Å². The van der Waals surface area contributed by atoms with Crippen molar-refractivity contribution >= 4 is 0 Å². The summed E-state index contributed by atoms with van der Waals surface area (Å²) in [7, 11) is 0. The summed E-state index contributed by atoms with van der Waals surface area (Å²) in [5.41, 5.74) is 4.69. The van der Waals surface area contributed by atoms with Gasteiger partial charge < -0.3 is 10.0 Å². The smallest absolute Gasteiger partial charge is 0.390 e. The van der Waals surface area contributed by atoms with E-state index in [0.717, 1.165) is 30.5 Å².